The monoisotopic (exact) mass is 249 g/mol. The lowest BCUT2D eigenvalue weighted by molar-refractivity contribution is 0.355. The molecule has 96 valence electrons. The molecule has 0 saturated heterocycles. The van der Waals surface area contributed by atoms with Crippen LogP contribution in [0.5, 0.6) is 11.5 Å². The topological polar surface area (TPSA) is 69.4 Å². The Morgan fingerprint density at radius 3 is 2.72 bits per heavy atom. The summed E-state index contributed by atoms with van der Waals surface area (Å²) in [6.07, 6.45) is 0. The Kier molecular flexibility index (Phi) is 3.78. The van der Waals surface area contributed by atoms with Crippen LogP contribution in [0.4, 0.5) is 0 Å². The first-order chi connectivity index (χ1) is 8.80. The Balaban J connectivity index is 2.42. The maximum atomic E-state index is 5.53. The van der Waals surface area contributed by atoms with Crippen LogP contribution in [-0.4, -0.2) is 31.5 Å². The van der Waals surface area contributed by atoms with E-state index in [-0.39, 0.29) is 0 Å². The van der Waals surface area contributed by atoms with Crippen LogP contribution in [0.1, 0.15) is 5.89 Å². The highest BCUT2D eigenvalue weighted by atomic mass is 16.5. The first-order valence-electron chi connectivity index (χ1n) is 5.48. The molecule has 0 bridgehead atoms. The molecule has 0 radical (unpaired) electrons. The van der Waals surface area contributed by atoms with Crippen molar-refractivity contribution in [3.05, 3.63) is 24.1 Å². The molecule has 2 aromatic rings. The largest absolute Gasteiger partial charge is 0.493 e. The molecule has 0 fully saturated rings. The number of nitrogens with one attached hydrogen (secondary N) is 1. The van der Waals surface area contributed by atoms with E-state index in [0.717, 1.165) is 0 Å². The fraction of sp³-hybridized carbons (Fsp3) is 0.333. The van der Waals surface area contributed by atoms with Gasteiger partial charge in [-0.05, 0) is 19.2 Å². The molecular weight excluding hydrogens is 234 g/mol. The van der Waals surface area contributed by atoms with Crippen LogP contribution >= 0.6 is 0 Å². The molecule has 6 nitrogen and oxygen atoms in total. The third-order valence-corrected chi connectivity index (χ3v) is 2.43. The van der Waals surface area contributed by atoms with Gasteiger partial charge in [0.15, 0.2) is 11.5 Å². The minimum absolute atomic E-state index is 0.413. The van der Waals surface area contributed by atoms with Crippen molar-refractivity contribution in [3.8, 4) is 23.0 Å². The third kappa shape index (κ3) is 2.28. The molecule has 1 heterocycles. The van der Waals surface area contributed by atoms with Crippen molar-refractivity contribution in [1.29, 1.82) is 0 Å². The quantitative estimate of drug-likeness (QED) is 0.865. The van der Waals surface area contributed by atoms with Crippen LogP contribution < -0.4 is 14.8 Å². The van der Waals surface area contributed by atoms with E-state index < -0.39 is 0 Å². The zero-order valence-corrected chi connectivity index (χ0v) is 10.6. The third-order valence-electron chi connectivity index (χ3n) is 2.43. The van der Waals surface area contributed by atoms with Gasteiger partial charge in [-0.2, -0.15) is 0 Å². The number of nitrogens with zero attached hydrogens (tertiary/aromatic N) is 2. The van der Waals surface area contributed by atoms with E-state index in [4.69, 9.17) is 13.9 Å². The predicted molar refractivity (Wildman–Crippen MR) is 65.6 cm³/mol. The zero-order valence-electron chi connectivity index (χ0n) is 10.6. The molecule has 18 heavy (non-hydrogen) atoms. The molecule has 0 aliphatic rings. The smallest absolute Gasteiger partial charge is 0.251 e. The maximum absolute atomic E-state index is 5.53. The first-order valence-corrected chi connectivity index (χ1v) is 5.48. The molecule has 1 aromatic heterocycles. The number of para-hydroxylation sites is 1. The first kappa shape index (κ1) is 12.4. The van der Waals surface area contributed by atoms with Crippen LogP contribution in [0.3, 0.4) is 0 Å². The Labute approximate surface area is 105 Å². The van der Waals surface area contributed by atoms with Crippen LogP contribution in [0.25, 0.3) is 11.5 Å². The van der Waals surface area contributed by atoms with Crippen molar-refractivity contribution in [2.75, 3.05) is 21.3 Å². The molecule has 0 aliphatic heterocycles. The molecule has 0 aliphatic carbocycles. The average Bonchev–Trinajstić information content (AvgIpc) is 2.86. The maximum Gasteiger partial charge on any atom is 0.251 e. The number of hydrogen-bond donors (Lipinski definition) is 1. The van der Waals surface area contributed by atoms with E-state index >= 15 is 0 Å². The van der Waals surface area contributed by atoms with Gasteiger partial charge in [0.25, 0.3) is 5.89 Å². The second-order valence-electron chi connectivity index (χ2n) is 3.57. The van der Waals surface area contributed by atoms with Gasteiger partial charge < -0.3 is 19.2 Å². The molecule has 1 aromatic carbocycles. The second-order valence-corrected chi connectivity index (χ2v) is 3.57. The standard InChI is InChI=1S/C12H15N3O3/c1-13-7-10-14-15-12(18-10)8-5-4-6-9(16-2)11(8)17-3/h4-6,13H,7H2,1-3H3. The van der Waals surface area contributed by atoms with Gasteiger partial charge in [-0.3, -0.25) is 0 Å². The Hall–Kier alpha value is -2.08. The summed E-state index contributed by atoms with van der Waals surface area (Å²) < 4.78 is 16.1. The summed E-state index contributed by atoms with van der Waals surface area (Å²) >= 11 is 0. The summed E-state index contributed by atoms with van der Waals surface area (Å²) in [7, 11) is 4.98. The van der Waals surface area contributed by atoms with Gasteiger partial charge in [0.1, 0.15) is 0 Å². The van der Waals surface area contributed by atoms with Crippen molar-refractivity contribution in [2.45, 2.75) is 6.54 Å². The minimum Gasteiger partial charge on any atom is -0.493 e. The van der Waals surface area contributed by atoms with E-state index in [1.54, 1.807) is 14.2 Å². The van der Waals surface area contributed by atoms with Crippen LogP contribution in [0.15, 0.2) is 22.6 Å². The van der Waals surface area contributed by atoms with E-state index in [1.165, 1.54) is 0 Å². The van der Waals surface area contributed by atoms with Gasteiger partial charge in [-0.1, -0.05) is 6.07 Å². The molecule has 2 rings (SSSR count). The highest BCUT2D eigenvalue weighted by Gasteiger charge is 2.16. The molecule has 0 spiro atoms. The van der Waals surface area contributed by atoms with E-state index in [2.05, 4.69) is 15.5 Å². The summed E-state index contributed by atoms with van der Waals surface area (Å²) in [4.78, 5) is 0. The van der Waals surface area contributed by atoms with Crippen LogP contribution in [-0.2, 0) is 6.54 Å². The van der Waals surface area contributed by atoms with Gasteiger partial charge in [-0.15, -0.1) is 10.2 Å². The summed E-state index contributed by atoms with van der Waals surface area (Å²) in [5.41, 5.74) is 0.715. The van der Waals surface area contributed by atoms with E-state index in [1.807, 2.05) is 25.2 Å². The van der Waals surface area contributed by atoms with Crippen molar-refractivity contribution >= 4 is 0 Å². The van der Waals surface area contributed by atoms with Gasteiger partial charge in [0.2, 0.25) is 5.89 Å². The van der Waals surface area contributed by atoms with Gasteiger partial charge in [0, 0.05) is 0 Å². The second kappa shape index (κ2) is 5.50. The van der Waals surface area contributed by atoms with Crippen molar-refractivity contribution in [3.63, 3.8) is 0 Å². The lowest BCUT2D eigenvalue weighted by Gasteiger charge is -2.09. The predicted octanol–water partition coefficient (Wildman–Crippen LogP) is 1.47. The SMILES string of the molecule is CNCc1nnc(-c2cccc(OC)c2OC)o1. The number of hydrogen-bond acceptors (Lipinski definition) is 6. The minimum atomic E-state index is 0.413. The Morgan fingerprint density at radius 2 is 2.06 bits per heavy atom. The molecule has 0 unspecified atom stereocenters. The average molecular weight is 249 g/mol. The Bertz CT molecular complexity index is 525. The fourth-order valence-electron chi connectivity index (χ4n) is 1.64. The van der Waals surface area contributed by atoms with Crippen molar-refractivity contribution < 1.29 is 13.9 Å². The molecule has 0 amide bonds. The molecular formula is C12H15N3O3. The fourth-order valence-corrected chi connectivity index (χ4v) is 1.64. The van der Waals surface area contributed by atoms with E-state index in [0.29, 0.717) is 35.4 Å². The number of aromatic nitrogens is 2. The summed E-state index contributed by atoms with van der Waals surface area (Å²) in [6, 6.07) is 5.50. The van der Waals surface area contributed by atoms with Crippen LogP contribution in [0, 0.1) is 0 Å². The normalized spacial score (nSPS) is 10.4. The van der Waals surface area contributed by atoms with Gasteiger partial charge in [0.05, 0.1) is 26.3 Å². The van der Waals surface area contributed by atoms with Gasteiger partial charge in [-0.25, -0.2) is 0 Å². The number of rotatable bonds is 5. The lowest BCUT2D eigenvalue weighted by Crippen LogP contribution is -2.04. The summed E-state index contributed by atoms with van der Waals surface area (Å²) in [5, 5.41) is 10.9. The number of ether oxygens (including phenoxy) is 2. The molecule has 0 saturated carbocycles. The van der Waals surface area contributed by atoms with Crippen LogP contribution in [0.2, 0.25) is 0 Å². The van der Waals surface area contributed by atoms with Crippen molar-refractivity contribution in [2.24, 2.45) is 0 Å². The van der Waals surface area contributed by atoms with E-state index in [9.17, 15) is 0 Å². The highest BCUT2D eigenvalue weighted by molar-refractivity contribution is 5.67. The zero-order chi connectivity index (χ0) is 13.0. The van der Waals surface area contributed by atoms with Crippen molar-refractivity contribution in [1.82, 2.24) is 15.5 Å². The summed E-state index contributed by atoms with van der Waals surface area (Å²) in [5.74, 6) is 2.15. The Morgan fingerprint density at radius 1 is 1.22 bits per heavy atom. The molecule has 0 atom stereocenters. The number of methoxy groups -OCH3 is 2. The highest BCUT2D eigenvalue weighted by Crippen LogP contribution is 2.36. The van der Waals surface area contributed by atoms with Gasteiger partial charge >= 0.3 is 0 Å². The molecule has 6 heteroatoms. The number of benzene rings is 1. The lowest BCUT2D eigenvalue weighted by atomic mass is 10.2. The molecule has 1 N–H and O–H groups in total. The summed E-state index contributed by atoms with van der Waals surface area (Å²) in [6.45, 7) is 0.527.